The second-order valence-electron chi connectivity index (χ2n) is 7.18. The number of hydrogen-bond donors (Lipinski definition) is 3. The van der Waals surface area contributed by atoms with Gasteiger partial charge in [-0.3, -0.25) is 5.73 Å². The van der Waals surface area contributed by atoms with E-state index in [4.69, 9.17) is 24.8 Å². The van der Waals surface area contributed by atoms with Crippen molar-refractivity contribution >= 4 is 13.6 Å². The van der Waals surface area contributed by atoms with Gasteiger partial charge in [0.1, 0.15) is 18.0 Å². The van der Waals surface area contributed by atoms with E-state index in [2.05, 4.69) is 19.6 Å². The summed E-state index contributed by atoms with van der Waals surface area (Å²) in [7, 11) is -4.65. The van der Waals surface area contributed by atoms with Crippen LogP contribution < -0.4 is 15.0 Å². The summed E-state index contributed by atoms with van der Waals surface area (Å²) in [5, 5.41) is 4.03. The zero-order valence-electron chi connectivity index (χ0n) is 17.6. The molecule has 0 fully saturated rings. The van der Waals surface area contributed by atoms with Gasteiger partial charge in [-0.15, -0.1) is 0 Å². The number of nitrogens with zero attached hydrogens (tertiary/aromatic N) is 4. The third kappa shape index (κ3) is 6.21. The summed E-state index contributed by atoms with van der Waals surface area (Å²) in [6, 6.07) is 11.2. The van der Waals surface area contributed by atoms with Crippen LogP contribution in [-0.4, -0.2) is 24.9 Å². The van der Waals surface area contributed by atoms with Gasteiger partial charge in [0.2, 0.25) is 6.73 Å². The Bertz CT molecular complexity index is 1330. The van der Waals surface area contributed by atoms with E-state index in [0.717, 1.165) is 5.56 Å². The van der Waals surface area contributed by atoms with Crippen molar-refractivity contribution in [2.75, 3.05) is 5.73 Å². The minimum absolute atomic E-state index is 0.140. The molecule has 34 heavy (non-hydrogen) atoms. The van der Waals surface area contributed by atoms with Gasteiger partial charge in [0.05, 0.1) is 11.9 Å². The van der Waals surface area contributed by atoms with Gasteiger partial charge in [-0.25, -0.2) is 28.0 Å². The van der Waals surface area contributed by atoms with Crippen LogP contribution in [-0.2, 0) is 28.8 Å². The molecular formula is C21H20FN5O6P+. The van der Waals surface area contributed by atoms with Crippen LogP contribution in [0.4, 0.5) is 10.2 Å². The fourth-order valence-electron chi connectivity index (χ4n) is 3.04. The number of pyridine rings is 1. The van der Waals surface area contributed by atoms with E-state index in [1.54, 1.807) is 42.7 Å². The van der Waals surface area contributed by atoms with Gasteiger partial charge in [0.15, 0.2) is 5.76 Å². The second kappa shape index (κ2) is 10.1. The van der Waals surface area contributed by atoms with Crippen LogP contribution in [0, 0.1) is 5.82 Å². The molecule has 0 aliphatic carbocycles. The number of benzene rings is 1. The monoisotopic (exact) mass is 488 g/mol. The highest BCUT2D eigenvalue weighted by Crippen LogP contribution is 2.35. The number of hydrogen-bond acceptors (Lipinski definition) is 8. The molecule has 4 aromatic rings. The standard InChI is InChI=1S/C21H19FN5O6P/c22-16-4-1-3-14(7-16)12-31-21-24-10-15(11-25-21)8-17-9-19(33-26-17)18-5-2-6-27(20(18)23)13-32-34(28,29)30/h1-7,9-11,23H,8,12-13H2,(H2,28,29,30)/p+1. The Morgan fingerprint density at radius 3 is 2.65 bits per heavy atom. The van der Waals surface area contributed by atoms with Gasteiger partial charge in [-0.1, -0.05) is 17.3 Å². The topological polar surface area (TPSA) is 158 Å². The molecule has 0 amide bonds. The largest absolute Gasteiger partial charge is 0.472 e. The van der Waals surface area contributed by atoms with E-state index in [1.165, 1.54) is 22.9 Å². The van der Waals surface area contributed by atoms with E-state index < -0.39 is 14.6 Å². The Kier molecular flexibility index (Phi) is 6.94. The molecule has 4 N–H and O–H groups in total. The Morgan fingerprint density at radius 1 is 1.12 bits per heavy atom. The molecule has 3 aromatic heterocycles. The van der Waals surface area contributed by atoms with Crippen molar-refractivity contribution in [1.82, 2.24) is 15.1 Å². The number of anilines is 1. The number of nitrogen functional groups attached to an aromatic ring is 1. The van der Waals surface area contributed by atoms with Gasteiger partial charge < -0.3 is 19.0 Å². The lowest BCUT2D eigenvalue weighted by Gasteiger charge is -2.07. The number of phosphoric ester groups is 1. The summed E-state index contributed by atoms with van der Waals surface area (Å²) in [5.41, 5.74) is 8.58. The molecule has 4 rings (SSSR count). The van der Waals surface area contributed by atoms with Gasteiger partial charge in [-0.05, 0) is 35.4 Å². The van der Waals surface area contributed by atoms with Crippen molar-refractivity contribution in [2.45, 2.75) is 19.8 Å². The zero-order chi connectivity index (χ0) is 24.1. The smallest absolute Gasteiger partial charge is 0.459 e. The van der Waals surface area contributed by atoms with Gasteiger partial charge in [-0.2, -0.15) is 0 Å². The summed E-state index contributed by atoms with van der Waals surface area (Å²) < 4.78 is 40.9. The maximum Gasteiger partial charge on any atom is 0.472 e. The molecule has 0 spiro atoms. The van der Waals surface area contributed by atoms with Crippen LogP contribution in [0.3, 0.4) is 0 Å². The summed E-state index contributed by atoms with van der Waals surface area (Å²) in [5.74, 6) is 0.210. The van der Waals surface area contributed by atoms with Crippen molar-refractivity contribution in [2.24, 2.45) is 0 Å². The molecule has 0 bridgehead atoms. The van der Waals surface area contributed by atoms with E-state index in [-0.39, 0.29) is 24.3 Å². The van der Waals surface area contributed by atoms with Gasteiger partial charge in [0.25, 0.3) is 5.82 Å². The Balaban J connectivity index is 1.40. The number of phosphoric acid groups is 1. The fraction of sp³-hybridized carbons (Fsp3) is 0.143. The number of aromatic nitrogens is 4. The average molecular weight is 488 g/mol. The molecule has 0 saturated carbocycles. The first kappa shape index (κ1) is 23.5. The van der Waals surface area contributed by atoms with Crippen molar-refractivity contribution in [3.8, 4) is 17.3 Å². The molecule has 0 radical (unpaired) electrons. The van der Waals surface area contributed by atoms with Crippen molar-refractivity contribution in [1.29, 1.82) is 0 Å². The Morgan fingerprint density at radius 2 is 1.91 bits per heavy atom. The molecule has 0 aliphatic rings. The fourth-order valence-corrected chi connectivity index (χ4v) is 3.31. The van der Waals surface area contributed by atoms with E-state index in [9.17, 15) is 8.96 Å². The van der Waals surface area contributed by atoms with Crippen molar-refractivity contribution < 1.29 is 37.1 Å². The summed E-state index contributed by atoms with van der Waals surface area (Å²) in [6.07, 6.45) is 5.07. The minimum Gasteiger partial charge on any atom is -0.459 e. The summed E-state index contributed by atoms with van der Waals surface area (Å²) >= 11 is 0. The quantitative estimate of drug-likeness (QED) is 0.236. The molecule has 0 unspecified atom stereocenters. The maximum atomic E-state index is 13.2. The summed E-state index contributed by atoms with van der Waals surface area (Å²) in [4.78, 5) is 26.1. The number of rotatable bonds is 9. The molecule has 0 aliphatic heterocycles. The van der Waals surface area contributed by atoms with Gasteiger partial charge in [0, 0.05) is 24.9 Å². The molecule has 13 heteroatoms. The highest BCUT2D eigenvalue weighted by molar-refractivity contribution is 7.46. The van der Waals surface area contributed by atoms with Crippen LogP contribution in [0.15, 0.2) is 65.6 Å². The highest BCUT2D eigenvalue weighted by atomic mass is 31.2. The SMILES string of the molecule is Nc1c(-c2cc(Cc3cnc(OCc4cccc(F)c4)nc3)no2)ccc[n+]1COP(=O)(O)O. The highest BCUT2D eigenvalue weighted by Gasteiger charge is 2.20. The van der Waals surface area contributed by atoms with E-state index >= 15 is 0 Å². The van der Waals surface area contributed by atoms with E-state index in [1.807, 2.05) is 0 Å². The minimum atomic E-state index is -4.65. The van der Waals surface area contributed by atoms with E-state index in [0.29, 0.717) is 29.0 Å². The van der Waals surface area contributed by atoms with Crippen LogP contribution in [0.1, 0.15) is 16.8 Å². The number of halogens is 1. The third-order valence-corrected chi connectivity index (χ3v) is 5.08. The molecule has 0 atom stereocenters. The lowest BCUT2D eigenvalue weighted by molar-refractivity contribution is -0.711. The molecular weight excluding hydrogens is 468 g/mol. The molecule has 0 saturated heterocycles. The zero-order valence-corrected chi connectivity index (χ0v) is 18.5. The third-order valence-electron chi connectivity index (χ3n) is 4.63. The Labute approximate surface area is 192 Å². The van der Waals surface area contributed by atoms with Crippen LogP contribution >= 0.6 is 7.82 Å². The van der Waals surface area contributed by atoms with Gasteiger partial charge >= 0.3 is 13.8 Å². The average Bonchev–Trinajstić information content (AvgIpc) is 3.25. The first-order valence-corrected chi connectivity index (χ1v) is 11.4. The first-order valence-electron chi connectivity index (χ1n) is 9.89. The normalized spacial score (nSPS) is 11.5. The van der Waals surface area contributed by atoms with Crippen molar-refractivity contribution in [3.63, 3.8) is 0 Å². The maximum absolute atomic E-state index is 13.2. The predicted octanol–water partition coefficient (Wildman–Crippen LogP) is 2.38. The first-order chi connectivity index (χ1) is 16.3. The predicted molar refractivity (Wildman–Crippen MR) is 115 cm³/mol. The van der Waals surface area contributed by atoms with Crippen LogP contribution in [0.25, 0.3) is 11.3 Å². The Hall–Kier alpha value is -3.70. The van der Waals surface area contributed by atoms with Crippen LogP contribution in [0.2, 0.25) is 0 Å². The number of ether oxygens (including phenoxy) is 1. The number of nitrogens with two attached hydrogens (primary N) is 1. The lowest BCUT2D eigenvalue weighted by Crippen LogP contribution is -2.38. The molecule has 176 valence electrons. The van der Waals surface area contributed by atoms with Crippen LogP contribution in [0.5, 0.6) is 6.01 Å². The molecule has 11 nitrogen and oxygen atoms in total. The second-order valence-corrected chi connectivity index (χ2v) is 8.42. The molecule has 3 heterocycles. The summed E-state index contributed by atoms with van der Waals surface area (Å²) in [6.45, 7) is -0.294. The van der Waals surface area contributed by atoms with Crippen molar-refractivity contribution in [3.05, 3.63) is 83.7 Å². The lowest BCUT2D eigenvalue weighted by atomic mass is 10.1. The molecule has 1 aromatic carbocycles.